The van der Waals surface area contributed by atoms with Gasteiger partial charge in [-0.2, -0.15) is 0 Å². The fourth-order valence-electron chi connectivity index (χ4n) is 1.22. The van der Waals surface area contributed by atoms with Crippen molar-refractivity contribution < 1.29 is 29.6 Å². The van der Waals surface area contributed by atoms with Crippen molar-refractivity contribution in [2.45, 2.75) is 5.54 Å². The minimum atomic E-state index is -1.53. The normalized spacial score (nSPS) is 11.3. The van der Waals surface area contributed by atoms with Gasteiger partial charge < -0.3 is 25.7 Å². The van der Waals surface area contributed by atoms with Crippen LogP contribution < -0.4 is 5.32 Å². The molecule has 7 nitrogen and oxygen atoms in total. The highest BCUT2D eigenvalue weighted by Gasteiger charge is 2.30. The Morgan fingerprint density at radius 2 is 1.89 bits per heavy atom. The number of aromatic carboxylic acids is 1. The Hall–Kier alpha value is -1.77. The summed E-state index contributed by atoms with van der Waals surface area (Å²) in [5.74, 6) is -2.51. The minimum Gasteiger partial charge on any atom is -0.478 e. The molecule has 0 aliphatic heterocycles. The zero-order chi connectivity index (χ0) is 13.8. The zero-order valence-electron chi connectivity index (χ0n) is 9.30. The molecule has 0 bridgehead atoms. The number of hydrogen-bond acceptors (Lipinski definition) is 6. The van der Waals surface area contributed by atoms with Crippen molar-refractivity contribution in [1.29, 1.82) is 0 Å². The van der Waals surface area contributed by atoms with Crippen molar-refractivity contribution in [2.24, 2.45) is 0 Å². The monoisotopic (exact) mass is 260 g/mol. The van der Waals surface area contributed by atoms with Crippen LogP contribution >= 0.6 is 0 Å². The first kappa shape index (κ1) is 14.3. The van der Waals surface area contributed by atoms with Crippen LogP contribution in [0.5, 0.6) is 0 Å². The van der Waals surface area contributed by atoms with Gasteiger partial charge >= 0.3 is 5.97 Å². The Balaban J connectivity index is 3.13. The Morgan fingerprint density at radius 3 is 2.33 bits per heavy atom. The fourth-order valence-corrected chi connectivity index (χ4v) is 1.22. The van der Waals surface area contributed by atoms with E-state index in [1.807, 2.05) is 0 Å². The molecule has 5 N–H and O–H groups in total. The van der Waals surface area contributed by atoms with Crippen LogP contribution in [0.4, 0.5) is 10.2 Å². The highest BCUT2D eigenvalue weighted by Crippen LogP contribution is 2.18. The number of carbonyl (C=O) groups is 1. The summed E-state index contributed by atoms with van der Waals surface area (Å²) in [7, 11) is 0. The van der Waals surface area contributed by atoms with Gasteiger partial charge in [-0.15, -0.1) is 0 Å². The predicted octanol–water partition coefficient (Wildman–Crippen LogP) is -0.954. The minimum absolute atomic E-state index is 0.249. The molecule has 8 heteroatoms. The van der Waals surface area contributed by atoms with Crippen LogP contribution in [0.1, 0.15) is 10.4 Å². The standard InChI is InChI=1S/C10H13FN2O5/c11-6-1-7(9(17)18)8(12-2-6)13-10(3-14,4-15)5-16/h1-2,14-16H,3-5H2,(H,12,13)(H,17,18). The van der Waals surface area contributed by atoms with Crippen LogP contribution in [0.3, 0.4) is 0 Å². The number of aliphatic hydroxyl groups is 3. The lowest BCUT2D eigenvalue weighted by atomic mass is 10.0. The summed E-state index contributed by atoms with van der Waals surface area (Å²) in [6.07, 6.45) is 0.783. The summed E-state index contributed by atoms with van der Waals surface area (Å²) >= 11 is 0. The molecule has 0 aliphatic rings. The molecule has 0 aliphatic carbocycles. The van der Waals surface area contributed by atoms with E-state index < -0.39 is 42.7 Å². The molecule has 0 unspecified atom stereocenters. The Bertz CT molecular complexity index is 428. The van der Waals surface area contributed by atoms with E-state index in [1.54, 1.807) is 0 Å². The number of hydrogen-bond donors (Lipinski definition) is 5. The van der Waals surface area contributed by atoms with Gasteiger partial charge in [-0.25, -0.2) is 14.2 Å². The van der Waals surface area contributed by atoms with Crippen LogP contribution in [0.25, 0.3) is 0 Å². The molecule has 0 saturated heterocycles. The van der Waals surface area contributed by atoms with Gasteiger partial charge in [0.1, 0.15) is 22.7 Å². The summed E-state index contributed by atoms with van der Waals surface area (Å²) in [5, 5.41) is 38.6. The molecule has 1 heterocycles. The van der Waals surface area contributed by atoms with E-state index in [0.717, 1.165) is 12.3 Å². The van der Waals surface area contributed by atoms with Gasteiger partial charge in [-0.3, -0.25) is 0 Å². The van der Waals surface area contributed by atoms with Gasteiger partial charge in [0.2, 0.25) is 0 Å². The maximum atomic E-state index is 12.9. The van der Waals surface area contributed by atoms with Crippen molar-refractivity contribution in [3.05, 3.63) is 23.6 Å². The molecular weight excluding hydrogens is 247 g/mol. The van der Waals surface area contributed by atoms with Gasteiger partial charge in [0.25, 0.3) is 0 Å². The molecule has 1 aromatic rings. The maximum absolute atomic E-state index is 12.9. The molecule has 1 rings (SSSR count). The summed E-state index contributed by atoms with van der Waals surface area (Å²) in [4.78, 5) is 14.4. The third kappa shape index (κ3) is 2.92. The number of halogens is 1. The van der Waals surface area contributed by atoms with E-state index in [-0.39, 0.29) is 5.82 Å². The molecule has 0 fully saturated rings. The Kier molecular flexibility index (Phi) is 4.54. The van der Waals surface area contributed by atoms with Crippen LogP contribution in [0.2, 0.25) is 0 Å². The molecule has 100 valence electrons. The second kappa shape index (κ2) is 5.71. The average Bonchev–Trinajstić information content (AvgIpc) is 2.37. The highest BCUT2D eigenvalue weighted by atomic mass is 19.1. The topological polar surface area (TPSA) is 123 Å². The van der Waals surface area contributed by atoms with Crippen LogP contribution in [-0.4, -0.2) is 56.7 Å². The average molecular weight is 260 g/mol. The van der Waals surface area contributed by atoms with Crippen LogP contribution in [-0.2, 0) is 0 Å². The van der Waals surface area contributed by atoms with Crippen LogP contribution in [0, 0.1) is 5.82 Å². The van der Waals surface area contributed by atoms with Crippen molar-refractivity contribution in [3.8, 4) is 0 Å². The van der Waals surface area contributed by atoms with Crippen molar-refractivity contribution in [1.82, 2.24) is 4.98 Å². The van der Waals surface area contributed by atoms with Crippen molar-refractivity contribution in [2.75, 3.05) is 25.1 Å². The number of carboxylic acid groups (broad SMARTS) is 1. The van der Waals surface area contributed by atoms with Gasteiger partial charge in [0.15, 0.2) is 0 Å². The quantitative estimate of drug-likeness (QED) is 0.446. The second-order valence-electron chi connectivity index (χ2n) is 3.73. The number of nitrogens with one attached hydrogen (secondary N) is 1. The van der Waals surface area contributed by atoms with Gasteiger partial charge in [-0.1, -0.05) is 0 Å². The van der Waals surface area contributed by atoms with Gasteiger partial charge in [-0.05, 0) is 6.07 Å². The fraction of sp³-hybridized carbons (Fsp3) is 0.400. The first-order valence-electron chi connectivity index (χ1n) is 4.97. The largest absolute Gasteiger partial charge is 0.478 e. The van der Waals surface area contributed by atoms with E-state index in [1.165, 1.54) is 0 Å². The Morgan fingerprint density at radius 1 is 1.33 bits per heavy atom. The van der Waals surface area contributed by atoms with Crippen LogP contribution in [0.15, 0.2) is 12.3 Å². The maximum Gasteiger partial charge on any atom is 0.339 e. The first-order valence-corrected chi connectivity index (χ1v) is 4.97. The summed E-state index contributed by atoms with van der Waals surface area (Å²) in [6, 6.07) is 0.745. The predicted molar refractivity (Wildman–Crippen MR) is 58.8 cm³/mol. The molecule has 0 radical (unpaired) electrons. The molecule has 0 saturated carbocycles. The molecule has 1 aromatic heterocycles. The molecule has 18 heavy (non-hydrogen) atoms. The molecule has 0 amide bonds. The highest BCUT2D eigenvalue weighted by molar-refractivity contribution is 5.93. The van der Waals surface area contributed by atoms with E-state index in [9.17, 15) is 9.18 Å². The lowest BCUT2D eigenvalue weighted by molar-refractivity contribution is 0.0691. The molecule has 0 atom stereocenters. The number of rotatable bonds is 6. The number of nitrogens with zero attached hydrogens (tertiary/aromatic N) is 1. The molecule has 0 aromatic carbocycles. The van der Waals surface area contributed by atoms with E-state index in [2.05, 4.69) is 10.3 Å². The Labute approximate surface area is 102 Å². The summed E-state index contributed by atoms with van der Waals surface area (Å²) in [5.41, 5.74) is -2.00. The second-order valence-corrected chi connectivity index (χ2v) is 3.73. The number of aromatic nitrogens is 1. The lowest BCUT2D eigenvalue weighted by Gasteiger charge is -2.29. The third-order valence-electron chi connectivity index (χ3n) is 2.38. The zero-order valence-corrected chi connectivity index (χ0v) is 9.30. The summed E-state index contributed by atoms with van der Waals surface area (Å²) < 4.78 is 12.9. The van der Waals surface area contributed by atoms with Gasteiger partial charge in [0, 0.05) is 0 Å². The number of anilines is 1. The van der Waals surface area contributed by atoms with Gasteiger partial charge in [0.05, 0.1) is 26.0 Å². The number of pyridine rings is 1. The van der Waals surface area contributed by atoms with Crippen molar-refractivity contribution >= 4 is 11.8 Å². The van der Waals surface area contributed by atoms with E-state index in [4.69, 9.17) is 20.4 Å². The molecular formula is C10H13FN2O5. The number of aliphatic hydroxyl groups excluding tert-OH is 3. The van der Waals surface area contributed by atoms with E-state index >= 15 is 0 Å². The molecule has 0 spiro atoms. The summed E-state index contributed by atoms with van der Waals surface area (Å²) in [6.45, 7) is -1.96. The van der Waals surface area contributed by atoms with Crippen molar-refractivity contribution in [3.63, 3.8) is 0 Å². The first-order chi connectivity index (χ1) is 8.48. The van der Waals surface area contributed by atoms with E-state index in [0.29, 0.717) is 0 Å². The smallest absolute Gasteiger partial charge is 0.339 e. The lowest BCUT2D eigenvalue weighted by Crippen LogP contribution is -2.49. The SMILES string of the molecule is O=C(O)c1cc(F)cnc1NC(CO)(CO)CO. The third-order valence-corrected chi connectivity index (χ3v) is 2.38. The number of carboxylic acids is 1.